The van der Waals surface area contributed by atoms with Gasteiger partial charge in [-0.25, -0.2) is 0 Å². The molecule has 0 unspecified atom stereocenters. The van der Waals surface area contributed by atoms with E-state index in [9.17, 15) is 36.5 Å². The van der Waals surface area contributed by atoms with Crippen LogP contribution >= 0.6 is 0 Å². The molecule has 0 aliphatic carbocycles. The van der Waals surface area contributed by atoms with E-state index in [0.717, 1.165) is 6.08 Å². The molecule has 0 aliphatic rings. The van der Waals surface area contributed by atoms with Crippen LogP contribution in [0.2, 0.25) is 0 Å². The Hall–Kier alpha value is -2.63. The van der Waals surface area contributed by atoms with Gasteiger partial charge in [0.2, 0.25) is 5.70 Å². The van der Waals surface area contributed by atoms with Crippen LogP contribution in [0.1, 0.15) is 19.4 Å². The van der Waals surface area contributed by atoms with Crippen molar-refractivity contribution in [1.29, 1.82) is 0 Å². The summed E-state index contributed by atoms with van der Waals surface area (Å²) in [5.74, 6) is -3.01. The van der Waals surface area contributed by atoms with Crippen molar-refractivity contribution in [3.05, 3.63) is 45.6 Å². The number of nitro groups is 1. The predicted molar refractivity (Wildman–Crippen MR) is 80.2 cm³/mol. The second kappa shape index (κ2) is 9.90. The topological polar surface area (TPSA) is 87.7 Å². The van der Waals surface area contributed by atoms with Crippen molar-refractivity contribution in [2.45, 2.75) is 26.2 Å². The molecule has 27 heavy (non-hydrogen) atoms. The Morgan fingerprint density at radius 3 is 1.70 bits per heavy atom. The summed E-state index contributed by atoms with van der Waals surface area (Å²) in [6.07, 6.45) is -8.59. The second-order valence-corrected chi connectivity index (χ2v) is 5.00. The lowest BCUT2D eigenvalue weighted by molar-refractivity contribution is -0.865. The molecule has 0 saturated carbocycles. The van der Waals surface area contributed by atoms with Gasteiger partial charge < -0.3 is 9.90 Å². The zero-order chi connectivity index (χ0) is 21.4. The highest BCUT2D eigenvalue weighted by molar-refractivity contribution is 5.70. The highest BCUT2D eigenvalue weighted by Gasteiger charge is 2.41. The van der Waals surface area contributed by atoms with Gasteiger partial charge in [-0.1, -0.05) is 0 Å². The Kier molecular flexibility index (Phi) is 8.94. The van der Waals surface area contributed by atoms with Gasteiger partial charge in [-0.15, -0.1) is 0 Å². The van der Waals surface area contributed by atoms with E-state index in [1.54, 1.807) is 13.8 Å². The first-order chi connectivity index (χ1) is 12.2. The van der Waals surface area contributed by atoms with Crippen LogP contribution < -0.4 is 10.0 Å². The summed E-state index contributed by atoms with van der Waals surface area (Å²) >= 11 is 0. The van der Waals surface area contributed by atoms with Crippen LogP contribution in [0.25, 0.3) is 6.08 Å². The molecule has 0 atom stereocenters. The first-order valence-corrected chi connectivity index (χ1v) is 7.40. The number of rotatable bonds is 5. The Morgan fingerprint density at radius 1 is 1.04 bits per heavy atom. The Morgan fingerprint density at radius 2 is 1.44 bits per heavy atom. The highest BCUT2D eigenvalue weighted by atomic mass is 19.4. The Labute approximate surface area is 149 Å². The van der Waals surface area contributed by atoms with Crippen LogP contribution in [-0.4, -0.2) is 36.3 Å². The van der Waals surface area contributed by atoms with E-state index in [1.165, 1.54) is 24.3 Å². The molecule has 1 N–H and O–H groups in total. The molecule has 152 valence electrons. The lowest BCUT2D eigenvalue weighted by atomic mass is 10.1. The molecule has 1 aromatic carbocycles. The van der Waals surface area contributed by atoms with Gasteiger partial charge in [-0.3, -0.25) is 15.0 Å². The number of hydrogen-bond acceptors (Lipinski definition) is 4. The number of carboxylic acid groups (broad SMARTS) is 1. The smallest absolute Gasteiger partial charge is 0.466 e. The maximum Gasteiger partial charge on any atom is 0.466 e. The number of benzene rings is 1. The maximum absolute atomic E-state index is 13.0. The molecule has 0 heterocycles. The summed E-state index contributed by atoms with van der Waals surface area (Å²) in [5, 5.41) is 19.3. The summed E-state index contributed by atoms with van der Waals surface area (Å²) in [7, 11) is 0. The normalized spacial score (nSPS) is 12.4. The zero-order valence-corrected chi connectivity index (χ0v) is 14.1. The fraction of sp³-hybridized carbons (Fsp3) is 0.400. The molecule has 6 nitrogen and oxygen atoms in total. The molecule has 0 bridgehead atoms. The largest absolute Gasteiger partial charge is 0.542 e. The summed E-state index contributed by atoms with van der Waals surface area (Å²) < 4.78 is 70.7. The molecule has 0 amide bonds. The van der Waals surface area contributed by atoms with Crippen molar-refractivity contribution in [2.75, 3.05) is 13.1 Å². The van der Waals surface area contributed by atoms with E-state index in [1.807, 2.05) is 0 Å². The lowest BCUT2D eigenvalue weighted by Crippen LogP contribution is -3.10. The van der Waals surface area contributed by atoms with E-state index in [2.05, 4.69) is 0 Å². The minimum Gasteiger partial charge on any atom is -0.542 e. The van der Waals surface area contributed by atoms with Gasteiger partial charge in [-0.05, 0) is 31.5 Å². The first kappa shape index (κ1) is 24.4. The van der Waals surface area contributed by atoms with Crippen molar-refractivity contribution in [1.82, 2.24) is 0 Å². The van der Waals surface area contributed by atoms with E-state index in [4.69, 9.17) is 9.90 Å². The molecule has 0 spiro atoms. The molecule has 0 fully saturated rings. The number of quaternary nitrogens is 1. The second-order valence-electron chi connectivity index (χ2n) is 5.00. The summed E-state index contributed by atoms with van der Waals surface area (Å²) in [5.41, 5.74) is -0.524. The Balaban J connectivity index is 0.000000821. The van der Waals surface area contributed by atoms with Gasteiger partial charge in [0.15, 0.2) is 0 Å². The fourth-order valence-electron chi connectivity index (χ4n) is 1.87. The van der Waals surface area contributed by atoms with Crippen molar-refractivity contribution < 1.29 is 46.1 Å². The van der Waals surface area contributed by atoms with Crippen LogP contribution in [0.5, 0.6) is 0 Å². The number of aliphatic carboxylic acids is 1. The summed E-state index contributed by atoms with van der Waals surface area (Å²) in [4.78, 5) is 19.0. The number of alkyl halides is 6. The molecule has 1 rings (SSSR count). The van der Waals surface area contributed by atoms with Crippen molar-refractivity contribution in [3.63, 3.8) is 0 Å². The number of carbonyl (C=O) groups excluding carboxylic acids is 1. The van der Waals surface area contributed by atoms with Crippen LogP contribution in [0.3, 0.4) is 0 Å². The fourth-order valence-corrected chi connectivity index (χ4v) is 1.87. The third kappa shape index (κ3) is 8.53. The van der Waals surface area contributed by atoms with Crippen LogP contribution in [0, 0.1) is 10.1 Å². The molecule has 1 aromatic rings. The van der Waals surface area contributed by atoms with Gasteiger partial charge in [0.25, 0.3) is 5.69 Å². The van der Waals surface area contributed by atoms with E-state index in [0.29, 0.717) is 23.6 Å². The minimum absolute atomic E-state index is 0.147. The number of non-ortho nitro benzene ring substituents is 1. The average molecular weight is 402 g/mol. The van der Waals surface area contributed by atoms with Gasteiger partial charge in [0.05, 0.1) is 18.0 Å². The van der Waals surface area contributed by atoms with Crippen molar-refractivity contribution >= 4 is 17.7 Å². The number of nitrogens with one attached hydrogen (secondary N) is 1. The summed E-state index contributed by atoms with van der Waals surface area (Å²) in [6.45, 7) is 3.98. The molecular weight excluding hydrogens is 386 g/mol. The highest BCUT2D eigenvalue weighted by Crippen LogP contribution is 2.24. The number of nitrogens with zero attached hydrogens (tertiary/aromatic N) is 1. The van der Waals surface area contributed by atoms with E-state index >= 15 is 0 Å². The van der Waals surface area contributed by atoms with Crippen molar-refractivity contribution in [2.24, 2.45) is 0 Å². The van der Waals surface area contributed by atoms with Gasteiger partial charge in [-0.2, -0.15) is 26.3 Å². The Bertz CT molecular complexity index is 664. The minimum atomic E-state index is -5.19. The monoisotopic (exact) mass is 402 g/mol. The lowest BCUT2D eigenvalue weighted by Gasteiger charge is -2.20. The SMILES string of the molecule is CC[NH+](CC)/C(=C\c1ccc([N+](=O)[O-])cc1)C(F)(F)F.O=C([O-])C(F)(F)F. The molecular formula is C15H16F6N2O4. The van der Waals surface area contributed by atoms with E-state index < -0.39 is 28.9 Å². The molecule has 0 saturated heterocycles. The number of halogens is 6. The molecule has 0 aliphatic heterocycles. The predicted octanol–water partition coefficient (Wildman–Crippen LogP) is 1.72. The summed E-state index contributed by atoms with van der Waals surface area (Å²) in [6, 6.07) is 5.01. The first-order valence-electron chi connectivity index (χ1n) is 7.40. The zero-order valence-electron chi connectivity index (χ0n) is 14.1. The van der Waals surface area contributed by atoms with Gasteiger partial charge >= 0.3 is 12.4 Å². The number of carboxylic acids is 1. The number of hydrogen-bond donors (Lipinski definition) is 1. The maximum atomic E-state index is 13.0. The van der Waals surface area contributed by atoms with Gasteiger partial charge in [0, 0.05) is 18.2 Å². The van der Waals surface area contributed by atoms with Crippen LogP contribution in [0.4, 0.5) is 32.0 Å². The molecule has 0 radical (unpaired) electrons. The van der Waals surface area contributed by atoms with Gasteiger partial charge in [0.1, 0.15) is 5.97 Å². The number of nitro benzene ring substituents is 1. The van der Waals surface area contributed by atoms with Crippen LogP contribution in [0.15, 0.2) is 30.0 Å². The number of carbonyl (C=O) groups is 1. The third-order valence-corrected chi connectivity index (χ3v) is 3.19. The number of allylic oxidation sites excluding steroid dienone is 1. The van der Waals surface area contributed by atoms with Crippen LogP contribution in [-0.2, 0) is 4.79 Å². The quantitative estimate of drug-likeness (QED) is 0.462. The van der Waals surface area contributed by atoms with Crippen molar-refractivity contribution in [3.8, 4) is 0 Å². The molecule has 0 aromatic heterocycles. The molecule has 12 heteroatoms. The standard InChI is InChI=1S/C13H15F3N2O2.C2HF3O2/c1-3-17(4-2)12(13(14,15)16)9-10-5-7-11(8-6-10)18(19)20;3-2(4,5)1(6)7/h5-9H,3-4H2,1-2H3;(H,6,7)/b12-9-;. The average Bonchev–Trinajstić information content (AvgIpc) is 2.54. The van der Waals surface area contributed by atoms with E-state index in [-0.39, 0.29) is 5.69 Å². The third-order valence-electron chi connectivity index (χ3n) is 3.19.